The van der Waals surface area contributed by atoms with Crippen LogP contribution < -0.4 is 10.1 Å². The Morgan fingerprint density at radius 1 is 1.47 bits per heavy atom. The van der Waals surface area contributed by atoms with E-state index in [1.165, 1.54) is 11.8 Å². The zero-order valence-electron chi connectivity index (χ0n) is 10.3. The first-order chi connectivity index (χ1) is 9.01. The molecule has 1 aromatic heterocycles. The predicted octanol–water partition coefficient (Wildman–Crippen LogP) is 3.05. The second-order valence-electron chi connectivity index (χ2n) is 3.77. The largest absolute Gasteiger partial charge is 0.481 e. The minimum absolute atomic E-state index is 0.269. The molecule has 0 aliphatic rings. The molecule has 100 valence electrons. The summed E-state index contributed by atoms with van der Waals surface area (Å²) in [4.78, 5) is 12.1. The van der Waals surface area contributed by atoms with Gasteiger partial charge in [-0.15, -0.1) is 0 Å². The molecule has 2 aromatic rings. The van der Waals surface area contributed by atoms with Gasteiger partial charge in [-0.1, -0.05) is 15.9 Å². The lowest BCUT2D eigenvalue weighted by Crippen LogP contribution is -2.13. The van der Waals surface area contributed by atoms with E-state index in [1.807, 2.05) is 18.2 Å². The fourth-order valence-corrected chi connectivity index (χ4v) is 2.36. The van der Waals surface area contributed by atoms with Crippen LogP contribution in [0, 0.1) is 3.57 Å². The smallest absolute Gasteiger partial charge is 0.276 e. The highest BCUT2D eigenvalue weighted by Gasteiger charge is 2.14. The van der Waals surface area contributed by atoms with Gasteiger partial charge in [0.15, 0.2) is 5.69 Å². The summed E-state index contributed by atoms with van der Waals surface area (Å²) in [7, 11) is 3.26. The van der Waals surface area contributed by atoms with Crippen molar-refractivity contribution in [2.75, 3.05) is 12.4 Å². The molecule has 7 heteroatoms. The van der Waals surface area contributed by atoms with Gasteiger partial charge in [-0.3, -0.25) is 4.79 Å². The number of benzene rings is 1. The molecule has 5 nitrogen and oxygen atoms in total. The van der Waals surface area contributed by atoms with Crippen molar-refractivity contribution in [3.8, 4) is 5.88 Å². The summed E-state index contributed by atoms with van der Waals surface area (Å²) >= 11 is 5.54. The Morgan fingerprint density at radius 3 is 2.84 bits per heavy atom. The Kier molecular flexibility index (Phi) is 4.46. The number of carbonyl (C=O) groups excluding carboxylic acids is 1. The van der Waals surface area contributed by atoms with Crippen molar-refractivity contribution >= 4 is 50.1 Å². The number of carbonyl (C=O) groups is 1. The molecule has 0 spiro atoms. The number of nitrogens with one attached hydrogen (secondary N) is 1. The first kappa shape index (κ1) is 14.3. The summed E-state index contributed by atoms with van der Waals surface area (Å²) in [5.74, 6) is 0.268. The lowest BCUT2D eigenvalue weighted by atomic mass is 10.3. The Bertz CT molecular complexity index is 627. The number of ether oxygens (including phenoxy) is 1. The van der Waals surface area contributed by atoms with Crippen LogP contribution in [-0.2, 0) is 7.05 Å². The maximum atomic E-state index is 12.1. The molecular weight excluding hydrogens is 425 g/mol. The monoisotopic (exact) mass is 435 g/mol. The van der Waals surface area contributed by atoms with Crippen molar-refractivity contribution in [1.82, 2.24) is 9.78 Å². The second-order valence-corrected chi connectivity index (χ2v) is 5.85. The van der Waals surface area contributed by atoms with Crippen molar-refractivity contribution in [1.29, 1.82) is 0 Å². The van der Waals surface area contributed by atoms with E-state index in [0.29, 0.717) is 11.6 Å². The fraction of sp³-hybridized carbons (Fsp3) is 0.167. The van der Waals surface area contributed by atoms with E-state index in [2.05, 4.69) is 48.9 Å². The molecule has 2 rings (SSSR count). The fourth-order valence-electron chi connectivity index (χ4n) is 1.53. The van der Waals surface area contributed by atoms with Crippen LogP contribution in [0.3, 0.4) is 0 Å². The van der Waals surface area contributed by atoms with Crippen molar-refractivity contribution in [3.05, 3.63) is 38.0 Å². The van der Waals surface area contributed by atoms with Gasteiger partial charge in [-0.05, 0) is 40.8 Å². The minimum Gasteiger partial charge on any atom is -0.481 e. The van der Waals surface area contributed by atoms with Crippen LogP contribution in [0.5, 0.6) is 5.88 Å². The van der Waals surface area contributed by atoms with Crippen molar-refractivity contribution in [2.45, 2.75) is 0 Å². The lowest BCUT2D eigenvalue weighted by Gasteiger charge is -2.06. The first-order valence-electron chi connectivity index (χ1n) is 5.35. The Morgan fingerprint density at radius 2 is 2.21 bits per heavy atom. The molecule has 0 bridgehead atoms. The van der Waals surface area contributed by atoms with Crippen LogP contribution in [0.4, 0.5) is 5.69 Å². The molecule has 0 atom stereocenters. The average molecular weight is 436 g/mol. The van der Waals surface area contributed by atoms with Gasteiger partial charge in [-0.2, -0.15) is 5.10 Å². The summed E-state index contributed by atoms with van der Waals surface area (Å²) < 4.78 is 8.46. The van der Waals surface area contributed by atoms with E-state index in [1.54, 1.807) is 13.1 Å². The highest BCUT2D eigenvalue weighted by Crippen LogP contribution is 2.23. The lowest BCUT2D eigenvalue weighted by molar-refractivity contribution is 0.102. The molecule has 1 heterocycles. The van der Waals surface area contributed by atoms with Gasteiger partial charge in [0.2, 0.25) is 5.88 Å². The third kappa shape index (κ3) is 3.27. The maximum Gasteiger partial charge on any atom is 0.276 e. The number of anilines is 1. The quantitative estimate of drug-likeness (QED) is 0.754. The van der Waals surface area contributed by atoms with Crippen LogP contribution in [0.1, 0.15) is 10.5 Å². The second kappa shape index (κ2) is 5.91. The number of rotatable bonds is 3. The summed E-state index contributed by atoms with van der Waals surface area (Å²) in [6, 6.07) is 7.28. The maximum absolute atomic E-state index is 12.1. The molecule has 0 unspecified atom stereocenters. The van der Waals surface area contributed by atoms with E-state index in [-0.39, 0.29) is 5.91 Å². The molecule has 0 aliphatic heterocycles. The third-order valence-corrected chi connectivity index (χ3v) is 3.89. The SMILES string of the molecule is COc1cc(C(=O)Nc2cc(Br)ccc2I)nn1C. The van der Waals surface area contributed by atoms with Gasteiger partial charge in [0.1, 0.15) is 0 Å². The predicted molar refractivity (Wildman–Crippen MR) is 84.6 cm³/mol. The van der Waals surface area contributed by atoms with Crippen molar-refractivity contribution in [3.63, 3.8) is 0 Å². The number of halogens is 2. The number of hydrogen-bond acceptors (Lipinski definition) is 3. The summed E-state index contributed by atoms with van der Waals surface area (Å²) in [5.41, 5.74) is 1.06. The summed E-state index contributed by atoms with van der Waals surface area (Å²) in [6.07, 6.45) is 0. The zero-order valence-corrected chi connectivity index (χ0v) is 14.0. The van der Waals surface area contributed by atoms with Crippen LogP contribution in [0.15, 0.2) is 28.7 Å². The minimum atomic E-state index is -0.269. The number of nitrogens with zero attached hydrogens (tertiary/aromatic N) is 2. The van der Waals surface area contributed by atoms with Crippen LogP contribution in [0.2, 0.25) is 0 Å². The number of methoxy groups -OCH3 is 1. The number of hydrogen-bond donors (Lipinski definition) is 1. The van der Waals surface area contributed by atoms with E-state index in [9.17, 15) is 4.79 Å². The Balaban J connectivity index is 2.22. The standard InChI is InChI=1S/C12H11BrIN3O2/c1-17-11(19-2)6-10(16-17)12(18)15-9-5-7(13)3-4-8(9)14/h3-6H,1-2H3,(H,15,18). The molecule has 1 aromatic carbocycles. The topological polar surface area (TPSA) is 56.1 Å². The van der Waals surface area contributed by atoms with Gasteiger partial charge in [0.25, 0.3) is 5.91 Å². The van der Waals surface area contributed by atoms with Crippen molar-refractivity contribution in [2.24, 2.45) is 7.05 Å². The molecule has 0 aliphatic carbocycles. The normalized spacial score (nSPS) is 10.3. The van der Waals surface area contributed by atoms with Crippen LogP contribution in [-0.4, -0.2) is 22.8 Å². The number of aromatic nitrogens is 2. The zero-order chi connectivity index (χ0) is 14.0. The Hall–Kier alpha value is -1.09. The molecule has 0 saturated heterocycles. The summed E-state index contributed by atoms with van der Waals surface area (Å²) in [5, 5.41) is 6.92. The van der Waals surface area contributed by atoms with E-state index < -0.39 is 0 Å². The van der Waals surface area contributed by atoms with Gasteiger partial charge < -0.3 is 10.1 Å². The van der Waals surface area contributed by atoms with Gasteiger partial charge in [0.05, 0.1) is 12.8 Å². The van der Waals surface area contributed by atoms with E-state index in [4.69, 9.17) is 4.74 Å². The molecule has 0 saturated carbocycles. The van der Waals surface area contributed by atoms with E-state index in [0.717, 1.165) is 13.7 Å². The van der Waals surface area contributed by atoms with Crippen molar-refractivity contribution < 1.29 is 9.53 Å². The average Bonchev–Trinajstić information content (AvgIpc) is 2.75. The molecular formula is C12H11BrIN3O2. The Labute approximate surface area is 132 Å². The third-order valence-electron chi connectivity index (χ3n) is 2.46. The molecule has 1 amide bonds. The van der Waals surface area contributed by atoms with Crippen LogP contribution in [0.25, 0.3) is 0 Å². The van der Waals surface area contributed by atoms with Crippen LogP contribution >= 0.6 is 38.5 Å². The number of amides is 1. The molecule has 19 heavy (non-hydrogen) atoms. The molecule has 0 fully saturated rings. The highest BCUT2D eigenvalue weighted by molar-refractivity contribution is 14.1. The first-order valence-corrected chi connectivity index (χ1v) is 7.23. The molecule has 0 radical (unpaired) electrons. The van der Waals surface area contributed by atoms with Gasteiger partial charge in [0, 0.05) is 21.2 Å². The van der Waals surface area contributed by atoms with E-state index >= 15 is 0 Å². The molecule has 1 N–H and O–H groups in total. The number of aryl methyl sites for hydroxylation is 1. The summed E-state index contributed by atoms with van der Waals surface area (Å²) in [6.45, 7) is 0. The van der Waals surface area contributed by atoms with Gasteiger partial charge in [-0.25, -0.2) is 4.68 Å². The van der Waals surface area contributed by atoms with Gasteiger partial charge >= 0.3 is 0 Å². The highest BCUT2D eigenvalue weighted by atomic mass is 127.